The number of hydrogen-bond donors (Lipinski definition) is 0. The first-order chi connectivity index (χ1) is 6.45. The normalized spacial score (nSPS) is 30.6. The van der Waals surface area contributed by atoms with Gasteiger partial charge in [-0.05, 0) is 41.0 Å². The maximum absolute atomic E-state index is 5.83. The van der Waals surface area contributed by atoms with Gasteiger partial charge in [0.25, 0.3) is 8.53 Å². The van der Waals surface area contributed by atoms with Crippen LogP contribution in [0.15, 0.2) is 0 Å². The van der Waals surface area contributed by atoms with Crippen LogP contribution in [0.25, 0.3) is 0 Å². The van der Waals surface area contributed by atoms with Crippen molar-refractivity contribution >= 4 is 8.53 Å². The molecule has 4 heteroatoms. The third kappa shape index (κ3) is 3.16. The number of nitrogens with zero attached hydrogens (tertiary/aromatic N) is 1. The SMILES string of the molecule is CCO[P@@]1O[C@@H](C)CCN1C(C)(C)C. The summed E-state index contributed by atoms with van der Waals surface area (Å²) in [6.45, 7) is 12.6. The van der Waals surface area contributed by atoms with Crippen LogP contribution in [-0.2, 0) is 9.05 Å². The van der Waals surface area contributed by atoms with Gasteiger partial charge in [0.1, 0.15) is 0 Å². The topological polar surface area (TPSA) is 21.7 Å². The van der Waals surface area contributed by atoms with Gasteiger partial charge in [-0.25, -0.2) is 4.67 Å². The van der Waals surface area contributed by atoms with Crippen LogP contribution in [0, 0.1) is 0 Å². The molecule has 0 aromatic rings. The first-order valence-corrected chi connectivity index (χ1v) is 6.45. The van der Waals surface area contributed by atoms with Crippen molar-refractivity contribution in [2.45, 2.75) is 52.7 Å². The van der Waals surface area contributed by atoms with Crippen LogP contribution in [0.4, 0.5) is 0 Å². The molecule has 0 aliphatic carbocycles. The van der Waals surface area contributed by atoms with E-state index in [1.807, 2.05) is 6.92 Å². The second kappa shape index (κ2) is 4.89. The summed E-state index contributed by atoms with van der Waals surface area (Å²) in [5, 5.41) is 0. The minimum atomic E-state index is -0.829. The molecule has 0 saturated carbocycles. The van der Waals surface area contributed by atoms with Gasteiger partial charge in [-0.15, -0.1) is 0 Å². The van der Waals surface area contributed by atoms with Crippen LogP contribution in [0.1, 0.15) is 41.0 Å². The summed E-state index contributed by atoms with van der Waals surface area (Å²) in [5.74, 6) is 0. The van der Waals surface area contributed by atoms with E-state index in [9.17, 15) is 0 Å². The Hall–Kier alpha value is 0.310. The minimum Gasteiger partial charge on any atom is -0.322 e. The first kappa shape index (κ1) is 12.4. The van der Waals surface area contributed by atoms with E-state index < -0.39 is 8.53 Å². The molecule has 2 atom stereocenters. The highest BCUT2D eigenvalue weighted by atomic mass is 31.2. The molecule has 1 aliphatic heterocycles. The highest BCUT2D eigenvalue weighted by molar-refractivity contribution is 7.44. The fourth-order valence-electron chi connectivity index (χ4n) is 1.44. The van der Waals surface area contributed by atoms with Gasteiger partial charge < -0.3 is 9.05 Å². The predicted molar refractivity (Wildman–Crippen MR) is 60.2 cm³/mol. The molecule has 84 valence electrons. The Kier molecular flexibility index (Phi) is 4.32. The second-order valence-corrected chi connectivity index (χ2v) is 6.08. The number of rotatable bonds is 2. The Morgan fingerprint density at radius 3 is 2.64 bits per heavy atom. The molecule has 0 spiro atoms. The molecule has 1 fully saturated rings. The fourth-order valence-corrected chi connectivity index (χ4v) is 3.16. The first-order valence-electron chi connectivity index (χ1n) is 5.32. The fraction of sp³-hybridized carbons (Fsp3) is 1.00. The predicted octanol–water partition coefficient (Wildman–Crippen LogP) is 3.16. The van der Waals surface area contributed by atoms with E-state index in [4.69, 9.17) is 9.05 Å². The van der Waals surface area contributed by atoms with Gasteiger partial charge in [-0.2, -0.15) is 0 Å². The maximum atomic E-state index is 5.83. The zero-order valence-electron chi connectivity index (χ0n) is 9.91. The Morgan fingerprint density at radius 2 is 2.14 bits per heavy atom. The lowest BCUT2D eigenvalue weighted by atomic mass is 10.1. The zero-order valence-corrected chi connectivity index (χ0v) is 10.8. The molecule has 1 saturated heterocycles. The molecular weight excluding hydrogens is 197 g/mol. The molecule has 1 heterocycles. The minimum absolute atomic E-state index is 0.140. The summed E-state index contributed by atoms with van der Waals surface area (Å²) >= 11 is 0. The molecular formula is C10H22NO2P. The van der Waals surface area contributed by atoms with Gasteiger partial charge in [0.05, 0.1) is 12.7 Å². The van der Waals surface area contributed by atoms with Crippen molar-refractivity contribution < 1.29 is 9.05 Å². The van der Waals surface area contributed by atoms with E-state index in [2.05, 4.69) is 32.4 Å². The van der Waals surface area contributed by atoms with Crippen molar-refractivity contribution in [1.82, 2.24) is 4.67 Å². The highest BCUT2D eigenvalue weighted by Crippen LogP contribution is 2.51. The van der Waals surface area contributed by atoms with Crippen molar-refractivity contribution in [3.63, 3.8) is 0 Å². The highest BCUT2D eigenvalue weighted by Gasteiger charge is 2.35. The summed E-state index contributed by atoms with van der Waals surface area (Å²) in [4.78, 5) is 0. The largest absolute Gasteiger partial charge is 0.322 e. The van der Waals surface area contributed by atoms with Gasteiger partial charge in [0.15, 0.2) is 0 Å². The lowest BCUT2D eigenvalue weighted by Gasteiger charge is -2.43. The molecule has 0 radical (unpaired) electrons. The average Bonchev–Trinajstić information content (AvgIpc) is 2.02. The molecule has 0 unspecified atom stereocenters. The molecule has 0 amide bonds. The molecule has 3 nitrogen and oxygen atoms in total. The standard InChI is InChI=1S/C10H22NO2P/c1-6-12-14-11(10(3,4)5)8-7-9(2)13-14/h9H,6-8H2,1-5H3/t9-,14-/m0/s1. The van der Waals surface area contributed by atoms with Crippen molar-refractivity contribution in [2.75, 3.05) is 13.2 Å². The summed E-state index contributed by atoms with van der Waals surface area (Å²) < 4.78 is 13.8. The Morgan fingerprint density at radius 1 is 1.50 bits per heavy atom. The molecule has 0 N–H and O–H groups in total. The van der Waals surface area contributed by atoms with E-state index >= 15 is 0 Å². The van der Waals surface area contributed by atoms with E-state index in [0.717, 1.165) is 19.6 Å². The number of hydrogen-bond acceptors (Lipinski definition) is 3. The van der Waals surface area contributed by atoms with Crippen LogP contribution in [0.3, 0.4) is 0 Å². The smallest absolute Gasteiger partial charge is 0.259 e. The molecule has 0 aromatic carbocycles. The van der Waals surface area contributed by atoms with Crippen molar-refractivity contribution in [3.8, 4) is 0 Å². The summed E-state index contributed by atoms with van der Waals surface area (Å²) in [7, 11) is -0.829. The van der Waals surface area contributed by atoms with E-state index in [0.29, 0.717) is 6.10 Å². The zero-order chi connectivity index (χ0) is 10.8. The molecule has 1 rings (SSSR count). The van der Waals surface area contributed by atoms with Crippen LogP contribution < -0.4 is 0 Å². The van der Waals surface area contributed by atoms with Gasteiger partial charge in [-0.3, -0.25) is 0 Å². The molecule has 1 aliphatic rings. The van der Waals surface area contributed by atoms with E-state index in [1.165, 1.54) is 0 Å². The average molecular weight is 219 g/mol. The van der Waals surface area contributed by atoms with Crippen molar-refractivity contribution in [1.29, 1.82) is 0 Å². The summed E-state index contributed by atoms with van der Waals surface area (Å²) in [6, 6.07) is 0. The van der Waals surface area contributed by atoms with Crippen LogP contribution >= 0.6 is 8.53 Å². The van der Waals surface area contributed by atoms with Gasteiger partial charge >= 0.3 is 0 Å². The van der Waals surface area contributed by atoms with Gasteiger partial charge in [0, 0.05) is 12.1 Å². The lowest BCUT2D eigenvalue weighted by Crippen LogP contribution is -2.43. The second-order valence-electron chi connectivity index (χ2n) is 4.65. The Bertz CT molecular complexity index is 181. The van der Waals surface area contributed by atoms with E-state index in [1.54, 1.807) is 0 Å². The molecule has 0 bridgehead atoms. The summed E-state index contributed by atoms with van der Waals surface area (Å²) in [6.07, 6.45) is 1.44. The Labute approximate surface area is 88.7 Å². The monoisotopic (exact) mass is 219 g/mol. The van der Waals surface area contributed by atoms with E-state index in [-0.39, 0.29) is 5.54 Å². The third-order valence-electron chi connectivity index (χ3n) is 2.23. The summed E-state index contributed by atoms with van der Waals surface area (Å²) in [5.41, 5.74) is 0.140. The van der Waals surface area contributed by atoms with Crippen molar-refractivity contribution in [2.24, 2.45) is 0 Å². The van der Waals surface area contributed by atoms with Crippen LogP contribution in [0.2, 0.25) is 0 Å². The Balaban J connectivity index is 2.62. The quantitative estimate of drug-likeness (QED) is 0.666. The maximum Gasteiger partial charge on any atom is 0.259 e. The molecule has 0 aromatic heterocycles. The third-order valence-corrected chi connectivity index (χ3v) is 4.44. The lowest BCUT2D eigenvalue weighted by molar-refractivity contribution is 0.0828. The van der Waals surface area contributed by atoms with Gasteiger partial charge in [-0.1, -0.05) is 0 Å². The van der Waals surface area contributed by atoms with Crippen molar-refractivity contribution in [3.05, 3.63) is 0 Å². The van der Waals surface area contributed by atoms with Crippen LogP contribution in [0.5, 0.6) is 0 Å². The molecule has 14 heavy (non-hydrogen) atoms. The van der Waals surface area contributed by atoms with Gasteiger partial charge in [0.2, 0.25) is 0 Å². The van der Waals surface area contributed by atoms with Crippen LogP contribution in [-0.4, -0.2) is 29.5 Å².